The molecule has 1 aromatic heterocycles. The van der Waals surface area contributed by atoms with E-state index in [4.69, 9.17) is 0 Å². The normalized spacial score (nSPS) is 12.4. The molecule has 0 bridgehead atoms. The van der Waals surface area contributed by atoms with Gasteiger partial charge >= 0.3 is 12.3 Å². The van der Waals surface area contributed by atoms with Crippen molar-refractivity contribution in [3.05, 3.63) is 18.2 Å². The molecule has 0 aliphatic heterocycles. The molecule has 92 valence electrons. The van der Waals surface area contributed by atoms with Crippen LogP contribution >= 0.6 is 0 Å². The summed E-state index contributed by atoms with van der Waals surface area (Å²) in [6, 6.07) is 0. The molecule has 1 aromatic rings. The van der Waals surface area contributed by atoms with E-state index in [0.717, 1.165) is 0 Å². The predicted molar refractivity (Wildman–Crippen MR) is 50.7 cm³/mol. The molecule has 0 aromatic carbocycles. The van der Waals surface area contributed by atoms with Crippen LogP contribution in [-0.2, 0) is 13.5 Å². The van der Waals surface area contributed by atoms with E-state index in [1.165, 1.54) is 0 Å². The van der Waals surface area contributed by atoms with Gasteiger partial charge in [0.1, 0.15) is 5.82 Å². The molecular formula is C9H13F4N3. The van der Waals surface area contributed by atoms with Gasteiger partial charge in [-0.25, -0.2) is 13.8 Å². The number of halogens is 4. The highest BCUT2D eigenvalue weighted by atomic mass is 19.3. The Morgan fingerprint density at radius 2 is 2.19 bits per heavy atom. The van der Waals surface area contributed by atoms with Crippen LogP contribution in [0.2, 0.25) is 0 Å². The third-order valence-corrected chi connectivity index (χ3v) is 2.13. The first-order valence-corrected chi connectivity index (χ1v) is 4.76. The van der Waals surface area contributed by atoms with Crippen molar-refractivity contribution in [3.8, 4) is 0 Å². The third-order valence-electron chi connectivity index (χ3n) is 2.13. The van der Waals surface area contributed by atoms with Gasteiger partial charge in [0.15, 0.2) is 0 Å². The van der Waals surface area contributed by atoms with Gasteiger partial charge in [0.2, 0.25) is 0 Å². The van der Waals surface area contributed by atoms with Crippen LogP contribution in [0.4, 0.5) is 17.6 Å². The maximum atomic E-state index is 12.5. The van der Waals surface area contributed by atoms with Crippen LogP contribution in [0.5, 0.6) is 0 Å². The molecule has 1 rings (SSSR count). The summed E-state index contributed by atoms with van der Waals surface area (Å²) in [4.78, 5) is 3.97. The zero-order valence-electron chi connectivity index (χ0n) is 8.76. The van der Waals surface area contributed by atoms with Gasteiger partial charge in [0.25, 0.3) is 0 Å². The highest BCUT2D eigenvalue weighted by Crippen LogP contribution is 2.21. The van der Waals surface area contributed by atoms with Gasteiger partial charge in [-0.15, -0.1) is 0 Å². The molecule has 0 atom stereocenters. The minimum Gasteiger partial charge on any atom is -0.338 e. The summed E-state index contributed by atoms with van der Waals surface area (Å²) in [5.74, 6) is -3.25. The SMILES string of the molecule is Cn1ccnc1CCNCC(F)(F)C(F)F. The summed E-state index contributed by atoms with van der Waals surface area (Å²) >= 11 is 0. The monoisotopic (exact) mass is 239 g/mol. The van der Waals surface area contributed by atoms with Gasteiger partial charge in [-0.05, 0) is 0 Å². The molecule has 1 N–H and O–H groups in total. The maximum Gasteiger partial charge on any atom is 0.319 e. The Bertz CT molecular complexity index is 324. The first-order chi connectivity index (χ1) is 7.43. The number of nitrogens with one attached hydrogen (secondary N) is 1. The Kier molecular flexibility index (Phi) is 4.28. The Morgan fingerprint density at radius 1 is 1.50 bits per heavy atom. The fraction of sp³-hybridized carbons (Fsp3) is 0.667. The lowest BCUT2D eigenvalue weighted by Gasteiger charge is -2.15. The Balaban J connectivity index is 2.25. The minimum atomic E-state index is -3.97. The summed E-state index contributed by atoms with van der Waals surface area (Å²) in [7, 11) is 1.77. The average Bonchev–Trinajstić information content (AvgIpc) is 2.59. The molecule has 0 radical (unpaired) electrons. The number of imidazole rings is 1. The van der Waals surface area contributed by atoms with Gasteiger partial charge in [-0.2, -0.15) is 8.78 Å². The predicted octanol–water partition coefficient (Wildman–Crippen LogP) is 1.45. The van der Waals surface area contributed by atoms with Crippen LogP contribution in [0.3, 0.4) is 0 Å². The number of aryl methyl sites for hydroxylation is 1. The number of nitrogens with zero attached hydrogens (tertiary/aromatic N) is 2. The summed E-state index contributed by atoms with van der Waals surface area (Å²) < 4.78 is 50.2. The highest BCUT2D eigenvalue weighted by Gasteiger charge is 2.39. The molecule has 0 unspecified atom stereocenters. The number of alkyl halides is 4. The first kappa shape index (κ1) is 13.0. The van der Waals surface area contributed by atoms with Crippen LogP contribution in [0, 0.1) is 0 Å². The molecule has 16 heavy (non-hydrogen) atoms. The van der Waals surface area contributed by atoms with Gasteiger partial charge in [0, 0.05) is 32.4 Å². The summed E-state index contributed by atoms with van der Waals surface area (Å²) in [6.07, 6.45) is 0.0998. The van der Waals surface area contributed by atoms with E-state index in [2.05, 4.69) is 10.3 Å². The smallest absolute Gasteiger partial charge is 0.319 e. The van der Waals surface area contributed by atoms with Gasteiger partial charge < -0.3 is 9.88 Å². The largest absolute Gasteiger partial charge is 0.338 e. The molecule has 1 heterocycles. The van der Waals surface area contributed by atoms with Crippen molar-refractivity contribution >= 4 is 0 Å². The van der Waals surface area contributed by atoms with E-state index in [9.17, 15) is 17.6 Å². The number of rotatable bonds is 6. The minimum absolute atomic E-state index is 0.188. The second-order valence-electron chi connectivity index (χ2n) is 3.44. The van der Waals surface area contributed by atoms with Crippen molar-refractivity contribution in [2.75, 3.05) is 13.1 Å². The first-order valence-electron chi connectivity index (χ1n) is 4.76. The molecular weight excluding hydrogens is 226 g/mol. The van der Waals surface area contributed by atoms with Gasteiger partial charge in [-0.1, -0.05) is 0 Å². The zero-order valence-corrected chi connectivity index (χ0v) is 8.76. The van der Waals surface area contributed by atoms with Crippen LogP contribution in [-0.4, -0.2) is 35.0 Å². The summed E-state index contributed by atoms with van der Waals surface area (Å²) in [6.45, 7) is -0.831. The Morgan fingerprint density at radius 3 is 2.69 bits per heavy atom. The maximum absolute atomic E-state index is 12.5. The van der Waals surface area contributed by atoms with E-state index in [1.54, 1.807) is 24.0 Å². The van der Waals surface area contributed by atoms with E-state index in [0.29, 0.717) is 12.2 Å². The Hall–Kier alpha value is -1.11. The second-order valence-corrected chi connectivity index (χ2v) is 3.44. The van der Waals surface area contributed by atoms with Crippen molar-refractivity contribution in [2.24, 2.45) is 7.05 Å². The fourth-order valence-corrected chi connectivity index (χ4v) is 1.17. The van der Waals surface area contributed by atoms with Crippen molar-refractivity contribution in [1.82, 2.24) is 14.9 Å². The molecule has 0 spiro atoms. The highest BCUT2D eigenvalue weighted by molar-refractivity contribution is 4.91. The van der Waals surface area contributed by atoms with E-state index in [1.807, 2.05) is 0 Å². The molecule has 7 heteroatoms. The van der Waals surface area contributed by atoms with Crippen LogP contribution in [0.25, 0.3) is 0 Å². The third kappa shape index (κ3) is 3.48. The van der Waals surface area contributed by atoms with Gasteiger partial charge in [0.05, 0.1) is 6.54 Å². The van der Waals surface area contributed by atoms with E-state index < -0.39 is 18.9 Å². The number of hydrogen-bond acceptors (Lipinski definition) is 2. The van der Waals surface area contributed by atoms with Crippen LogP contribution in [0.1, 0.15) is 5.82 Å². The van der Waals surface area contributed by atoms with Crippen LogP contribution in [0.15, 0.2) is 12.4 Å². The Labute approximate surface area is 90.5 Å². The van der Waals surface area contributed by atoms with E-state index >= 15 is 0 Å². The van der Waals surface area contributed by atoms with Crippen molar-refractivity contribution in [1.29, 1.82) is 0 Å². The molecule has 0 saturated carbocycles. The topological polar surface area (TPSA) is 29.9 Å². The quantitative estimate of drug-likeness (QED) is 0.601. The molecule has 0 aliphatic rings. The fourth-order valence-electron chi connectivity index (χ4n) is 1.17. The molecule has 0 amide bonds. The lowest BCUT2D eigenvalue weighted by molar-refractivity contribution is -0.125. The molecule has 0 fully saturated rings. The number of hydrogen-bond donors (Lipinski definition) is 1. The molecule has 3 nitrogen and oxygen atoms in total. The average molecular weight is 239 g/mol. The molecule has 0 aliphatic carbocycles. The number of aromatic nitrogens is 2. The standard InChI is InChI=1S/C9H13F4N3/c1-16-5-4-15-7(16)2-3-14-6-9(12,13)8(10)11/h4-5,8,14H,2-3,6H2,1H3. The molecule has 0 saturated heterocycles. The lowest BCUT2D eigenvalue weighted by atomic mass is 10.3. The van der Waals surface area contributed by atoms with Crippen molar-refractivity contribution in [2.45, 2.75) is 18.8 Å². The summed E-state index contributed by atoms with van der Waals surface area (Å²) in [5, 5.41) is 2.29. The zero-order chi connectivity index (χ0) is 12.2. The van der Waals surface area contributed by atoms with Crippen molar-refractivity contribution in [3.63, 3.8) is 0 Å². The van der Waals surface area contributed by atoms with Crippen LogP contribution < -0.4 is 5.32 Å². The summed E-state index contributed by atoms with van der Waals surface area (Å²) in [5.41, 5.74) is 0. The second kappa shape index (κ2) is 5.29. The van der Waals surface area contributed by atoms with E-state index in [-0.39, 0.29) is 6.54 Å². The van der Waals surface area contributed by atoms with Crippen molar-refractivity contribution < 1.29 is 17.6 Å². The lowest BCUT2D eigenvalue weighted by Crippen LogP contribution is -2.39. The van der Waals surface area contributed by atoms with Gasteiger partial charge in [-0.3, -0.25) is 0 Å².